The maximum atomic E-state index is 13.8. The van der Waals surface area contributed by atoms with Crippen LogP contribution in [0.15, 0.2) is 48.7 Å². The second-order valence-electron chi connectivity index (χ2n) is 4.95. The van der Waals surface area contributed by atoms with E-state index < -0.39 is 11.8 Å². The molecule has 110 valence electrons. The second kappa shape index (κ2) is 5.44. The van der Waals surface area contributed by atoms with Crippen LogP contribution in [0.25, 0.3) is 22.0 Å². The molecule has 4 nitrogen and oxygen atoms in total. The quantitative estimate of drug-likeness (QED) is 0.777. The van der Waals surface area contributed by atoms with Gasteiger partial charge in [0.05, 0.1) is 11.9 Å². The molecular formula is C17H12FNO3. The van der Waals surface area contributed by atoms with Gasteiger partial charge in [0.1, 0.15) is 11.6 Å². The Hall–Kier alpha value is -2.95. The van der Waals surface area contributed by atoms with Crippen molar-refractivity contribution in [3.8, 4) is 16.9 Å². The fourth-order valence-electron chi connectivity index (χ4n) is 2.44. The lowest BCUT2D eigenvalue weighted by Crippen LogP contribution is -2.00. The highest BCUT2D eigenvalue weighted by molar-refractivity contribution is 5.95. The van der Waals surface area contributed by atoms with Crippen molar-refractivity contribution in [2.24, 2.45) is 0 Å². The van der Waals surface area contributed by atoms with Gasteiger partial charge in [0.15, 0.2) is 0 Å². The van der Waals surface area contributed by atoms with Crippen LogP contribution in [0, 0.1) is 5.82 Å². The number of hydrogen-bond acceptors (Lipinski definition) is 3. The zero-order valence-corrected chi connectivity index (χ0v) is 11.5. The molecule has 5 heteroatoms. The summed E-state index contributed by atoms with van der Waals surface area (Å²) < 4.78 is 13.8. The second-order valence-corrected chi connectivity index (χ2v) is 4.95. The van der Waals surface area contributed by atoms with Crippen LogP contribution in [0.3, 0.4) is 0 Å². The molecule has 1 aromatic heterocycles. The first-order chi connectivity index (χ1) is 10.5. The van der Waals surface area contributed by atoms with Gasteiger partial charge in [-0.05, 0) is 35.9 Å². The smallest absolute Gasteiger partial charge is 0.307 e. The van der Waals surface area contributed by atoms with Gasteiger partial charge in [0, 0.05) is 22.7 Å². The average molecular weight is 297 g/mol. The number of phenolic OH excluding ortho intramolecular Hbond substituents is 1. The molecular weight excluding hydrogens is 285 g/mol. The molecule has 3 rings (SSSR count). The molecule has 0 aliphatic rings. The molecule has 0 unspecified atom stereocenters. The first-order valence-electron chi connectivity index (χ1n) is 6.63. The van der Waals surface area contributed by atoms with Crippen molar-refractivity contribution in [2.75, 3.05) is 0 Å². The Kier molecular flexibility index (Phi) is 3.47. The van der Waals surface area contributed by atoms with Crippen LogP contribution in [0.4, 0.5) is 4.39 Å². The predicted molar refractivity (Wildman–Crippen MR) is 80.1 cm³/mol. The number of phenols is 1. The summed E-state index contributed by atoms with van der Waals surface area (Å²) in [5, 5.41) is 19.6. The largest absolute Gasteiger partial charge is 0.507 e. The SMILES string of the molecule is O=C(O)Cc1ccc(O)c(-c2cc(F)cc3cccnc23)c1. The van der Waals surface area contributed by atoms with Gasteiger partial charge in [-0.15, -0.1) is 0 Å². The molecule has 0 saturated carbocycles. The van der Waals surface area contributed by atoms with Crippen LogP contribution in [0.1, 0.15) is 5.56 Å². The van der Waals surface area contributed by atoms with E-state index in [1.807, 2.05) is 0 Å². The number of rotatable bonds is 3. The Morgan fingerprint density at radius 2 is 1.95 bits per heavy atom. The summed E-state index contributed by atoms with van der Waals surface area (Å²) in [6.07, 6.45) is 1.41. The Bertz CT molecular complexity index is 877. The number of aromatic hydroxyl groups is 1. The molecule has 0 amide bonds. The van der Waals surface area contributed by atoms with Crippen molar-refractivity contribution < 1.29 is 19.4 Å². The molecule has 0 atom stereocenters. The molecule has 0 aliphatic heterocycles. The van der Waals surface area contributed by atoms with Crippen LogP contribution in [-0.2, 0) is 11.2 Å². The number of aromatic nitrogens is 1. The first kappa shape index (κ1) is 14.0. The number of carboxylic acids is 1. The lowest BCUT2D eigenvalue weighted by Gasteiger charge is -2.10. The molecule has 0 saturated heterocycles. The third-order valence-electron chi connectivity index (χ3n) is 3.38. The lowest BCUT2D eigenvalue weighted by molar-refractivity contribution is -0.136. The minimum absolute atomic E-state index is 0.0494. The molecule has 3 aromatic rings. The van der Waals surface area contributed by atoms with Crippen molar-refractivity contribution in [1.82, 2.24) is 4.98 Å². The highest BCUT2D eigenvalue weighted by atomic mass is 19.1. The molecule has 0 aliphatic carbocycles. The monoisotopic (exact) mass is 297 g/mol. The minimum atomic E-state index is -0.973. The van der Waals surface area contributed by atoms with Gasteiger partial charge in [-0.3, -0.25) is 9.78 Å². The fourth-order valence-corrected chi connectivity index (χ4v) is 2.44. The van der Waals surface area contributed by atoms with Crippen molar-refractivity contribution >= 4 is 16.9 Å². The van der Waals surface area contributed by atoms with E-state index in [0.29, 0.717) is 27.6 Å². The van der Waals surface area contributed by atoms with E-state index in [-0.39, 0.29) is 12.2 Å². The number of fused-ring (bicyclic) bond motifs is 1. The summed E-state index contributed by atoms with van der Waals surface area (Å²) in [5.41, 5.74) is 1.86. The zero-order valence-electron chi connectivity index (χ0n) is 11.5. The van der Waals surface area contributed by atoms with Gasteiger partial charge in [0.2, 0.25) is 0 Å². The standard InChI is InChI=1S/C17H12FNO3/c18-12-8-11-2-1-5-19-17(11)14(9-12)13-6-10(7-16(21)22)3-4-15(13)20/h1-6,8-9,20H,7H2,(H,21,22). The molecule has 0 fully saturated rings. The number of halogens is 1. The average Bonchev–Trinajstić information content (AvgIpc) is 2.48. The minimum Gasteiger partial charge on any atom is -0.507 e. The van der Waals surface area contributed by atoms with E-state index in [1.165, 1.54) is 24.3 Å². The third-order valence-corrected chi connectivity index (χ3v) is 3.38. The topological polar surface area (TPSA) is 70.4 Å². The van der Waals surface area contributed by atoms with Crippen molar-refractivity contribution in [3.05, 3.63) is 60.0 Å². The van der Waals surface area contributed by atoms with Gasteiger partial charge in [-0.2, -0.15) is 0 Å². The number of nitrogens with zero attached hydrogens (tertiary/aromatic N) is 1. The van der Waals surface area contributed by atoms with Crippen LogP contribution in [0.5, 0.6) is 5.75 Å². The summed E-state index contributed by atoms with van der Waals surface area (Å²) in [4.78, 5) is 15.1. The molecule has 2 N–H and O–H groups in total. The van der Waals surface area contributed by atoms with Crippen molar-refractivity contribution in [1.29, 1.82) is 0 Å². The molecule has 22 heavy (non-hydrogen) atoms. The van der Waals surface area contributed by atoms with Crippen LogP contribution < -0.4 is 0 Å². The van der Waals surface area contributed by atoms with Gasteiger partial charge >= 0.3 is 5.97 Å². The molecule has 0 radical (unpaired) electrons. The van der Waals surface area contributed by atoms with Crippen LogP contribution in [0.2, 0.25) is 0 Å². The summed E-state index contributed by atoms with van der Waals surface area (Å²) in [5.74, 6) is -1.47. The number of carboxylic acid groups (broad SMARTS) is 1. The molecule has 0 spiro atoms. The van der Waals surface area contributed by atoms with Gasteiger partial charge < -0.3 is 10.2 Å². The highest BCUT2D eigenvalue weighted by Gasteiger charge is 2.13. The Morgan fingerprint density at radius 1 is 1.14 bits per heavy atom. The van der Waals surface area contributed by atoms with Crippen LogP contribution in [-0.4, -0.2) is 21.2 Å². The number of pyridine rings is 1. The molecule has 1 heterocycles. The number of aliphatic carboxylic acids is 1. The van der Waals surface area contributed by atoms with Gasteiger partial charge in [-0.25, -0.2) is 4.39 Å². The first-order valence-corrected chi connectivity index (χ1v) is 6.63. The Balaban J connectivity index is 2.24. The number of hydrogen-bond donors (Lipinski definition) is 2. The van der Waals surface area contributed by atoms with E-state index in [1.54, 1.807) is 24.4 Å². The van der Waals surface area contributed by atoms with E-state index in [2.05, 4.69) is 4.98 Å². The lowest BCUT2D eigenvalue weighted by atomic mass is 9.98. The number of carbonyl (C=O) groups is 1. The molecule has 2 aromatic carbocycles. The Labute approximate surface area is 125 Å². The van der Waals surface area contributed by atoms with E-state index in [4.69, 9.17) is 5.11 Å². The Morgan fingerprint density at radius 3 is 2.73 bits per heavy atom. The predicted octanol–water partition coefficient (Wildman–Crippen LogP) is 3.37. The maximum Gasteiger partial charge on any atom is 0.307 e. The maximum absolute atomic E-state index is 13.8. The zero-order chi connectivity index (χ0) is 15.7. The fraction of sp³-hybridized carbons (Fsp3) is 0.0588. The summed E-state index contributed by atoms with van der Waals surface area (Å²) in [6.45, 7) is 0. The summed E-state index contributed by atoms with van der Waals surface area (Å²) >= 11 is 0. The van der Waals surface area contributed by atoms with Crippen molar-refractivity contribution in [2.45, 2.75) is 6.42 Å². The highest BCUT2D eigenvalue weighted by Crippen LogP contribution is 2.35. The van der Waals surface area contributed by atoms with E-state index >= 15 is 0 Å². The van der Waals surface area contributed by atoms with Gasteiger partial charge in [0.25, 0.3) is 0 Å². The third kappa shape index (κ3) is 2.61. The van der Waals surface area contributed by atoms with E-state index in [9.17, 15) is 14.3 Å². The van der Waals surface area contributed by atoms with Gasteiger partial charge in [-0.1, -0.05) is 12.1 Å². The summed E-state index contributed by atoms with van der Waals surface area (Å²) in [7, 11) is 0. The number of benzene rings is 2. The normalized spacial score (nSPS) is 10.8. The van der Waals surface area contributed by atoms with Crippen LogP contribution >= 0.6 is 0 Å². The molecule has 0 bridgehead atoms. The summed E-state index contributed by atoms with van der Waals surface area (Å²) in [6, 6.07) is 10.6. The van der Waals surface area contributed by atoms with E-state index in [0.717, 1.165) is 0 Å². The van der Waals surface area contributed by atoms with Crippen molar-refractivity contribution in [3.63, 3.8) is 0 Å².